The molecule has 0 radical (unpaired) electrons. The molecule has 0 unspecified atom stereocenters. The molecule has 0 bridgehead atoms. The monoisotopic (exact) mass is 510 g/mol. The average Bonchev–Trinajstić information content (AvgIpc) is 2.96. The van der Waals surface area contributed by atoms with E-state index in [0.29, 0.717) is 22.8 Å². The number of nitrogens with one attached hydrogen (secondary N) is 1. The van der Waals surface area contributed by atoms with Crippen molar-refractivity contribution in [1.82, 2.24) is 5.43 Å². The number of benzene rings is 4. The average molecular weight is 511 g/mol. The van der Waals surface area contributed by atoms with Crippen LogP contribution in [0.25, 0.3) is 11.1 Å². The molecule has 8 nitrogen and oxygen atoms in total. The number of carbonyl (C=O) groups excluding carboxylic acids is 1. The molecule has 0 aliphatic carbocycles. The number of methoxy groups -OCH3 is 1. The lowest BCUT2D eigenvalue weighted by atomic mass is 10.1. The molecule has 0 aliphatic heterocycles. The maximum atomic E-state index is 12.1. The molecule has 0 aliphatic rings. The lowest BCUT2D eigenvalue weighted by molar-refractivity contribution is -0.123. The Morgan fingerprint density at radius 2 is 1.61 bits per heavy atom. The van der Waals surface area contributed by atoms with Gasteiger partial charge in [-0.25, -0.2) is 10.2 Å². The van der Waals surface area contributed by atoms with Gasteiger partial charge in [-0.05, 0) is 64.7 Å². The first-order valence-corrected chi connectivity index (χ1v) is 11.7. The highest BCUT2D eigenvalue weighted by Gasteiger charge is 2.08. The van der Waals surface area contributed by atoms with Gasteiger partial charge in [0.05, 0.1) is 18.9 Å². The number of carboxylic acids is 1. The van der Waals surface area contributed by atoms with Crippen LogP contribution >= 0.6 is 0 Å². The molecule has 1 amide bonds. The van der Waals surface area contributed by atoms with Crippen LogP contribution in [0.5, 0.6) is 17.2 Å². The fourth-order valence-electron chi connectivity index (χ4n) is 3.57. The molecule has 0 heterocycles. The van der Waals surface area contributed by atoms with Crippen molar-refractivity contribution in [2.75, 3.05) is 13.7 Å². The normalized spacial score (nSPS) is 10.7. The van der Waals surface area contributed by atoms with E-state index >= 15 is 0 Å². The van der Waals surface area contributed by atoms with E-state index in [2.05, 4.69) is 10.5 Å². The Hall–Kier alpha value is -5.11. The number of aromatic carboxylic acids is 1. The van der Waals surface area contributed by atoms with Gasteiger partial charge in [0.2, 0.25) is 0 Å². The number of carbonyl (C=O) groups is 2. The van der Waals surface area contributed by atoms with Crippen molar-refractivity contribution in [3.05, 3.63) is 114 Å². The Labute approximate surface area is 220 Å². The number of ether oxygens (including phenoxy) is 3. The summed E-state index contributed by atoms with van der Waals surface area (Å²) in [6.07, 6.45) is 1.48. The molecule has 0 spiro atoms. The van der Waals surface area contributed by atoms with Gasteiger partial charge in [0.25, 0.3) is 5.91 Å². The van der Waals surface area contributed by atoms with Gasteiger partial charge >= 0.3 is 5.97 Å². The summed E-state index contributed by atoms with van der Waals surface area (Å²) in [6, 6.07) is 29.2. The second-order valence-corrected chi connectivity index (χ2v) is 8.18. The Kier molecular flexibility index (Phi) is 8.70. The fraction of sp³-hybridized carbons (Fsp3) is 0.100. The summed E-state index contributed by atoms with van der Waals surface area (Å²) in [7, 11) is 1.51. The summed E-state index contributed by atoms with van der Waals surface area (Å²) in [6.45, 7) is -0.00282. The molecule has 2 N–H and O–H groups in total. The minimum atomic E-state index is -0.996. The molecule has 0 saturated carbocycles. The first-order valence-electron chi connectivity index (χ1n) is 11.7. The van der Waals surface area contributed by atoms with Crippen LogP contribution in [0.2, 0.25) is 0 Å². The van der Waals surface area contributed by atoms with Gasteiger partial charge in [-0.3, -0.25) is 4.79 Å². The second kappa shape index (κ2) is 12.7. The van der Waals surface area contributed by atoms with Crippen molar-refractivity contribution in [2.45, 2.75) is 6.61 Å². The van der Waals surface area contributed by atoms with Crippen LogP contribution in [-0.2, 0) is 11.4 Å². The van der Waals surface area contributed by atoms with Crippen molar-refractivity contribution >= 4 is 18.1 Å². The minimum Gasteiger partial charge on any atom is -0.493 e. The zero-order valence-corrected chi connectivity index (χ0v) is 20.7. The quantitative estimate of drug-likeness (QED) is 0.213. The molecule has 0 saturated heterocycles. The molecule has 38 heavy (non-hydrogen) atoms. The third-order valence-corrected chi connectivity index (χ3v) is 5.49. The predicted molar refractivity (Wildman–Crippen MR) is 144 cm³/mol. The first kappa shape index (κ1) is 26.0. The second-order valence-electron chi connectivity index (χ2n) is 8.18. The van der Waals surface area contributed by atoms with Gasteiger partial charge in [-0.2, -0.15) is 5.10 Å². The Morgan fingerprint density at radius 3 is 2.34 bits per heavy atom. The molecule has 0 fully saturated rings. The number of hydrogen-bond donors (Lipinski definition) is 2. The van der Waals surface area contributed by atoms with Gasteiger partial charge in [-0.15, -0.1) is 0 Å². The summed E-state index contributed by atoms with van der Waals surface area (Å²) in [5.41, 5.74) is 6.19. The lowest BCUT2D eigenvalue weighted by Crippen LogP contribution is -2.24. The van der Waals surface area contributed by atoms with E-state index < -0.39 is 11.9 Å². The molecule has 4 aromatic rings. The number of nitrogens with zero attached hydrogens (tertiary/aromatic N) is 1. The Balaban J connectivity index is 1.27. The molecule has 0 atom stereocenters. The van der Waals surface area contributed by atoms with E-state index in [-0.39, 0.29) is 18.8 Å². The van der Waals surface area contributed by atoms with Crippen molar-refractivity contribution in [2.24, 2.45) is 5.10 Å². The zero-order valence-electron chi connectivity index (χ0n) is 20.7. The fourth-order valence-corrected chi connectivity index (χ4v) is 3.57. The number of hydrazone groups is 1. The summed E-state index contributed by atoms with van der Waals surface area (Å²) in [5.74, 6) is 0.143. The van der Waals surface area contributed by atoms with Crippen LogP contribution < -0.4 is 19.6 Å². The summed E-state index contributed by atoms with van der Waals surface area (Å²) >= 11 is 0. The van der Waals surface area contributed by atoms with Crippen LogP contribution in [0.3, 0.4) is 0 Å². The van der Waals surface area contributed by atoms with Crippen LogP contribution in [-0.4, -0.2) is 36.9 Å². The van der Waals surface area contributed by atoms with Crippen LogP contribution in [0, 0.1) is 0 Å². The Bertz CT molecular complexity index is 1420. The molecule has 0 aromatic heterocycles. The topological polar surface area (TPSA) is 106 Å². The predicted octanol–water partition coefficient (Wildman–Crippen LogP) is 5.17. The molecular formula is C30H26N2O6. The first-order chi connectivity index (χ1) is 18.5. The highest BCUT2D eigenvalue weighted by molar-refractivity contribution is 5.87. The lowest BCUT2D eigenvalue weighted by Gasteiger charge is -2.11. The van der Waals surface area contributed by atoms with Crippen LogP contribution in [0.1, 0.15) is 21.5 Å². The van der Waals surface area contributed by atoms with E-state index in [1.807, 2.05) is 54.6 Å². The standard InChI is InChI=1S/C30H26N2O6/c1-36-28-17-21(10-15-27(28)38-19-22-6-5-9-25(16-22)30(34)35)18-31-32-29(33)20-37-26-13-11-24(12-14-26)23-7-3-2-4-8-23/h2-18H,19-20H2,1H3,(H,32,33)(H,34,35)/b31-18+. The van der Waals surface area contributed by atoms with Crippen molar-refractivity contribution in [3.63, 3.8) is 0 Å². The van der Waals surface area contributed by atoms with E-state index in [4.69, 9.17) is 19.3 Å². The molecule has 4 aromatic carbocycles. The van der Waals surface area contributed by atoms with E-state index in [1.54, 1.807) is 36.4 Å². The van der Waals surface area contributed by atoms with E-state index in [1.165, 1.54) is 19.4 Å². The highest BCUT2D eigenvalue weighted by Crippen LogP contribution is 2.28. The summed E-state index contributed by atoms with van der Waals surface area (Å²) in [5, 5.41) is 13.1. The van der Waals surface area contributed by atoms with Crippen molar-refractivity contribution in [3.8, 4) is 28.4 Å². The smallest absolute Gasteiger partial charge is 0.335 e. The van der Waals surface area contributed by atoms with Crippen LogP contribution in [0.4, 0.5) is 0 Å². The third kappa shape index (κ3) is 7.20. The van der Waals surface area contributed by atoms with Gasteiger partial charge in [0, 0.05) is 0 Å². The van der Waals surface area contributed by atoms with Gasteiger partial charge < -0.3 is 19.3 Å². The molecular weight excluding hydrogens is 484 g/mol. The van der Waals surface area contributed by atoms with E-state index in [9.17, 15) is 9.59 Å². The number of hydrogen-bond acceptors (Lipinski definition) is 6. The van der Waals surface area contributed by atoms with Gasteiger partial charge in [0.1, 0.15) is 12.4 Å². The highest BCUT2D eigenvalue weighted by atomic mass is 16.5. The number of carboxylic acid groups (broad SMARTS) is 1. The minimum absolute atomic E-state index is 0.177. The van der Waals surface area contributed by atoms with Gasteiger partial charge in [-0.1, -0.05) is 54.6 Å². The summed E-state index contributed by atoms with van der Waals surface area (Å²) < 4.78 is 16.7. The van der Waals surface area contributed by atoms with Gasteiger partial charge in [0.15, 0.2) is 18.1 Å². The molecule has 192 valence electrons. The maximum Gasteiger partial charge on any atom is 0.335 e. The largest absolute Gasteiger partial charge is 0.493 e. The van der Waals surface area contributed by atoms with Crippen molar-refractivity contribution in [1.29, 1.82) is 0 Å². The molecule has 4 rings (SSSR count). The third-order valence-electron chi connectivity index (χ3n) is 5.49. The van der Waals surface area contributed by atoms with Crippen molar-refractivity contribution < 1.29 is 28.9 Å². The Morgan fingerprint density at radius 1 is 0.842 bits per heavy atom. The number of amides is 1. The van der Waals surface area contributed by atoms with Crippen LogP contribution in [0.15, 0.2) is 102 Å². The zero-order chi connectivity index (χ0) is 26.7. The van der Waals surface area contributed by atoms with E-state index in [0.717, 1.165) is 16.7 Å². The number of rotatable bonds is 11. The SMILES string of the molecule is COc1cc(/C=N/NC(=O)COc2ccc(-c3ccccc3)cc2)ccc1OCc1cccc(C(=O)O)c1. The summed E-state index contributed by atoms with van der Waals surface area (Å²) in [4.78, 5) is 23.3. The maximum absolute atomic E-state index is 12.1. The molecule has 8 heteroatoms.